The van der Waals surface area contributed by atoms with E-state index >= 15 is 4.39 Å². The van der Waals surface area contributed by atoms with Gasteiger partial charge < -0.3 is 25.2 Å². The van der Waals surface area contributed by atoms with Crippen molar-refractivity contribution >= 4 is 34.1 Å². The monoisotopic (exact) mass is 668 g/mol. The molecule has 46 heavy (non-hydrogen) atoms. The van der Waals surface area contributed by atoms with Gasteiger partial charge in [-0.25, -0.2) is 13.8 Å². The highest BCUT2D eigenvalue weighted by Crippen LogP contribution is 2.54. The fraction of sp³-hybridized carbons (Fsp3) is 0.581. The highest BCUT2D eigenvalue weighted by atomic mass is 35.5. The number of benzene rings is 1. The molecule has 3 fully saturated rings. The lowest BCUT2D eigenvalue weighted by atomic mass is 9.65. The van der Waals surface area contributed by atoms with Crippen molar-refractivity contribution in [3.63, 3.8) is 0 Å². The Labute approximate surface area is 266 Å². The largest absolute Gasteiger partial charge is 0.491 e. The molecule has 0 bridgehead atoms. The second-order valence-corrected chi connectivity index (χ2v) is 13.6. The van der Waals surface area contributed by atoms with Crippen molar-refractivity contribution in [1.82, 2.24) is 19.9 Å². The van der Waals surface area contributed by atoms with E-state index < -0.39 is 51.1 Å². The fourth-order valence-corrected chi connectivity index (χ4v) is 8.45. The predicted molar refractivity (Wildman–Crippen MR) is 161 cm³/mol. The quantitative estimate of drug-likeness (QED) is 0.331. The van der Waals surface area contributed by atoms with Crippen molar-refractivity contribution in [2.24, 2.45) is 5.92 Å². The van der Waals surface area contributed by atoms with E-state index in [0.717, 1.165) is 19.0 Å². The summed E-state index contributed by atoms with van der Waals surface area (Å²) in [7, 11) is 1.79. The van der Waals surface area contributed by atoms with Crippen LogP contribution in [0.1, 0.15) is 49.7 Å². The summed E-state index contributed by atoms with van der Waals surface area (Å²) in [5.41, 5.74) is 1.58. The van der Waals surface area contributed by atoms with Gasteiger partial charge >= 0.3 is 12.2 Å². The van der Waals surface area contributed by atoms with E-state index in [4.69, 9.17) is 31.8 Å². The van der Waals surface area contributed by atoms with Gasteiger partial charge in [0.25, 0.3) is 0 Å². The van der Waals surface area contributed by atoms with Gasteiger partial charge in [-0.05, 0) is 56.7 Å². The molecule has 0 unspecified atom stereocenters. The van der Waals surface area contributed by atoms with Crippen LogP contribution in [0.4, 0.5) is 33.6 Å². The Balaban J connectivity index is 1.44. The van der Waals surface area contributed by atoms with Crippen LogP contribution in [-0.4, -0.2) is 82.2 Å². The number of nitrogens with zero attached hydrogens (tertiary/aromatic N) is 5. The van der Waals surface area contributed by atoms with Crippen LogP contribution in [0.25, 0.3) is 22.2 Å². The molecule has 3 N–H and O–H groups in total. The number of hydrogen-bond donors (Lipinski definition) is 2. The minimum Gasteiger partial charge on any atom is -0.491 e. The average Bonchev–Trinajstić information content (AvgIpc) is 3.48. The smallest absolute Gasteiger partial charge is 0.418 e. The number of nitrogen functional groups attached to an aromatic ring is 1. The van der Waals surface area contributed by atoms with Crippen LogP contribution in [0, 0.1) is 18.7 Å². The van der Waals surface area contributed by atoms with Gasteiger partial charge in [0.2, 0.25) is 0 Å². The van der Waals surface area contributed by atoms with E-state index in [9.17, 15) is 22.7 Å². The summed E-state index contributed by atoms with van der Waals surface area (Å²) in [5, 5.41) is 9.43. The Morgan fingerprint density at radius 1 is 1.20 bits per heavy atom. The molecule has 0 radical (unpaired) electrons. The van der Waals surface area contributed by atoms with Crippen molar-refractivity contribution in [1.29, 1.82) is 0 Å². The summed E-state index contributed by atoms with van der Waals surface area (Å²) in [6.45, 7) is 2.42. The molecule has 3 aliphatic heterocycles. The van der Waals surface area contributed by atoms with Gasteiger partial charge in [0, 0.05) is 38.6 Å². The topological polar surface area (TPSA) is 110 Å². The number of aromatic nitrogens is 3. The third-order valence-electron chi connectivity index (χ3n) is 10.4. The zero-order valence-electron chi connectivity index (χ0n) is 25.4. The lowest BCUT2D eigenvalue weighted by molar-refractivity contribution is -0.137. The van der Waals surface area contributed by atoms with E-state index in [1.807, 2.05) is 4.90 Å². The highest BCUT2D eigenvalue weighted by Gasteiger charge is 2.51. The molecule has 0 amide bonds. The number of aryl methyl sites for hydroxylation is 1. The molecule has 1 aromatic carbocycles. The van der Waals surface area contributed by atoms with Crippen LogP contribution in [0.15, 0.2) is 6.07 Å². The number of nitrogens with two attached hydrogens (primary N) is 1. The van der Waals surface area contributed by atoms with E-state index in [0.29, 0.717) is 32.2 Å². The molecular weight excluding hydrogens is 635 g/mol. The number of alkyl halides is 4. The first kappa shape index (κ1) is 31.4. The number of fused-ring (bicyclic) bond motifs is 1. The number of anilines is 2. The molecular formula is C31H34ClF5N6O3. The first-order valence-electron chi connectivity index (χ1n) is 15.3. The molecule has 1 spiro atoms. The van der Waals surface area contributed by atoms with Crippen molar-refractivity contribution in [2.45, 2.75) is 68.9 Å². The number of aliphatic hydroxyl groups is 1. The lowest BCUT2D eigenvalue weighted by Gasteiger charge is -2.54. The molecule has 1 aliphatic carbocycles. The van der Waals surface area contributed by atoms with Gasteiger partial charge in [0.05, 0.1) is 39.4 Å². The van der Waals surface area contributed by atoms with E-state index in [-0.39, 0.29) is 72.0 Å². The number of pyridine rings is 1. The Morgan fingerprint density at radius 3 is 2.67 bits per heavy atom. The summed E-state index contributed by atoms with van der Waals surface area (Å²) in [6.07, 6.45) is -2.33. The standard InChI is InChI=1S/C31H34ClF5N6O3/c1-15-8-18(38)39-24(21(15)31(35,36)37)19-22(32)26-20-25(23(19)34)40-28(46-14-30-4-3-6-43(30)12-17(33)11-30)41-27(20)42(2)29(5-7-45-26)9-16(10-29)13-44/h8,16-17,44H,3-7,9-14H2,1-2H3,(H2,38,39)/t16?,17-,29?,30+/m1/s1. The Morgan fingerprint density at radius 2 is 1.96 bits per heavy atom. The normalized spacial score (nSPS) is 27.8. The summed E-state index contributed by atoms with van der Waals surface area (Å²) in [5.74, 6) is -1.22. The SMILES string of the molecule is Cc1cc(N)nc(-c2c(Cl)c3c4c(nc(OC[C@@]56CCCN5C[C@H](F)C6)nc4c2F)N(C)C2(CCO3)CC(CO)C2)c1C(F)(F)F. The molecule has 1 saturated carbocycles. The van der Waals surface area contributed by atoms with Gasteiger partial charge in [-0.3, -0.25) is 4.90 Å². The van der Waals surface area contributed by atoms with Gasteiger partial charge in [-0.2, -0.15) is 23.1 Å². The van der Waals surface area contributed by atoms with Crippen LogP contribution in [-0.2, 0) is 6.18 Å². The van der Waals surface area contributed by atoms with Crippen LogP contribution >= 0.6 is 11.6 Å². The fourth-order valence-electron chi connectivity index (χ4n) is 8.13. The van der Waals surface area contributed by atoms with Crippen LogP contribution in [0.5, 0.6) is 11.8 Å². The third kappa shape index (κ3) is 4.81. The van der Waals surface area contributed by atoms with E-state index in [1.54, 1.807) is 7.05 Å². The van der Waals surface area contributed by atoms with Gasteiger partial charge in [0.15, 0.2) is 11.6 Å². The van der Waals surface area contributed by atoms with Gasteiger partial charge in [-0.15, -0.1) is 0 Å². The molecule has 4 aliphatic rings. The van der Waals surface area contributed by atoms with Crippen molar-refractivity contribution in [3.8, 4) is 23.0 Å². The zero-order chi connectivity index (χ0) is 32.8. The molecule has 15 heteroatoms. The Hall–Kier alpha value is -3.23. The second-order valence-electron chi connectivity index (χ2n) is 13.2. The first-order chi connectivity index (χ1) is 21.8. The number of hydrogen-bond acceptors (Lipinski definition) is 9. The van der Waals surface area contributed by atoms with Crippen LogP contribution in [0.2, 0.25) is 5.02 Å². The maximum Gasteiger partial charge on any atom is 0.418 e. The van der Waals surface area contributed by atoms with Gasteiger partial charge in [-0.1, -0.05) is 11.6 Å². The molecule has 9 nitrogen and oxygen atoms in total. The summed E-state index contributed by atoms with van der Waals surface area (Å²) >= 11 is 6.77. The number of aliphatic hydroxyl groups excluding tert-OH is 1. The number of ether oxygens (including phenoxy) is 2. The van der Waals surface area contributed by atoms with Crippen molar-refractivity contribution in [3.05, 3.63) is 28.0 Å². The highest BCUT2D eigenvalue weighted by molar-refractivity contribution is 6.36. The van der Waals surface area contributed by atoms with Crippen molar-refractivity contribution < 1.29 is 36.5 Å². The molecule has 2 saturated heterocycles. The molecule has 2 atom stereocenters. The minimum absolute atomic E-state index is 0.00665. The molecule has 2 aromatic heterocycles. The van der Waals surface area contributed by atoms with Crippen LogP contribution in [0.3, 0.4) is 0 Å². The maximum atomic E-state index is 16.9. The molecule has 7 rings (SSSR count). The van der Waals surface area contributed by atoms with Crippen LogP contribution < -0.4 is 20.1 Å². The van der Waals surface area contributed by atoms with Crippen molar-refractivity contribution in [2.75, 3.05) is 50.6 Å². The molecule has 248 valence electrons. The maximum absolute atomic E-state index is 16.9. The zero-order valence-corrected chi connectivity index (χ0v) is 26.1. The minimum atomic E-state index is -4.91. The summed E-state index contributed by atoms with van der Waals surface area (Å²) in [6, 6.07) is 0.849. The second kappa shape index (κ2) is 10.9. The molecule has 3 aromatic rings. The molecule has 5 heterocycles. The van der Waals surface area contributed by atoms with Gasteiger partial charge in [0.1, 0.15) is 29.9 Å². The Kier molecular flexibility index (Phi) is 7.44. The number of halogens is 6. The third-order valence-corrected chi connectivity index (χ3v) is 10.7. The summed E-state index contributed by atoms with van der Waals surface area (Å²) in [4.78, 5) is 17.0. The average molecular weight is 669 g/mol. The van der Waals surface area contributed by atoms with E-state index in [1.165, 1.54) is 6.92 Å². The predicted octanol–water partition coefficient (Wildman–Crippen LogP) is 5.71. The first-order valence-corrected chi connectivity index (χ1v) is 15.7. The lowest BCUT2D eigenvalue weighted by Crippen LogP contribution is -2.58. The van der Waals surface area contributed by atoms with E-state index in [2.05, 4.69) is 14.9 Å². The summed E-state index contributed by atoms with van der Waals surface area (Å²) < 4.78 is 86.8. The Bertz CT molecular complexity index is 1720. The number of rotatable bonds is 5.